The lowest BCUT2D eigenvalue weighted by Gasteiger charge is -2.20. The number of halogens is 8. The summed E-state index contributed by atoms with van der Waals surface area (Å²) >= 11 is 51.6. The predicted octanol–water partition coefficient (Wildman–Crippen LogP) is 8.14. The van der Waals surface area contributed by atoms with Gasteiger partial charge in [0.1, 0.15) is 45.5 Å². The molecule has 4 rings (SSSR count). The van der Waals surface area contributed by atoms with Crippen molar-refractivity contribution in [1.82, 2.24) is 0 Å². The van der Waals surface area contributed by atoms with Crippen LogP contribution in [0.25, 0.3) is 11.1 Å². The first-order valence-electron chi connectivity index (χ1n) is 8.43. The van der Waals surface area contributed by atoms with Crippen LogP contribution in [0.4, 0.5) is 0 Å². The SMILES string of the molecule is Clc1c(Cl)c(-c2c(Cl)c(Cl)c(OCC3CO3)c(Cl)c2Cl)c(Cl)c(Cl)c1OCC1CO1. The number of epoxide rings is 2. The fourth-order valence-corrected chi connectivity index (χ4v) is 4.86. The van der Waals surface area contributed by atoms with E-state index in [0.717, 1.165) is 0 Å². The van der Waals surface area contributed by atoms with Crippen molar-refractivity contribution in [3.63, 3.8) is 0 Å². The van der Waals surface area contributed by atoms with Gasteiger partial charge >= 0.3 is 0 Å². The highest BCUT2D eigenvalue weighted by Crippen LogP contribution is 2.56. The molecule has 12 heteroatoms. The Bertz CT molecular complexity index is 881. The largest absolute Gasteiger partial charge is 0.488 e. The Morgan fingerprint density at radius 2 is 0.800 bits per heavy atom. The van der Waals surface area contributed by atoms with Crippen molar-refractivity contribution >= 4 is 92.8 Å². The van der Waals surface area contributed by atoms with Crippen molar-refractivity contribution in [2.75, 3.05) is 26.4 Å². The van der Waals surface area contributed by atoms with Gasteiger partial charge < -0.3 is 18.9 Å². The van der Waals surface area contributed by atoms with E-state index in [2.05, 4.69) is 0 Å². The quantitative estimate of drug-likeness (QED) is 0.248. The summed E-state index contributed by atoms with van der Waals surface area (Å²) in [6.45, 7) is 1.69. The topological polar surface area (TPSA) is 43.5 Å². The first kappa shape index (κ1) is 23.4. The second-order valence-electron chi connectivity index (χ2n) is 6.45. The molecular formula is C18H10Cl8O4. The number of hydrogen-bond donors (Lipinski definition) is 0. The van der Waals surface area contributed by atoms with Crippen LogP contribution >= 0.6 is 92.8 Å². The van der Waals surface area contributed by atoms with Crippen molar-refractivity contribution in [2.45, 2.75) is 12.2 Å². The van der Waals surface area contributed by atoms with E-state index in [9.17, 15) is 0 Å². The Labute approximate surface area is 212 Å². The molecule has 0 aromatic heterocycles. The third-order valence-electron chi connectivity index (χ3n) is 4.33. The molecule has 2 aromatic rings. The highest BCUT2D eigenvalue weighted by molar-refractivity contribution is 6.55. The molecule has 0 saturated carbocycles. The molecule has 2 fully saturated rings. The Balaban J connectivity index is 1.81. The predicted molar refractivity (Wildman–Crippen MR) is 122 cm³/mol. The van der Waals surface area contributed by atoms with Gasteiger partial charge in [-0.3, -0.25) is 0 Å². The monoisotopic (exact) mass is 570 g/mol. The molecule has 2 heterocycles. The molecule has 4 nitrogen and oxygen atoms in total. The first-order valence-corrected chi connectivity index (χ1v) is 11.5. The molecule has 162 valence electrons. The molecular weight excluding hydrogens is 564 g/mol. The maximum atomic E-state index is 6.50. The van der Waals surface area contributed by atoms with E-state index in [1.807, 2.05) is 0 Å². The minimum atomic E-state index is -0.0237. The molecule has 0 aliphatic carbocycles. The van der Waals surface area contributed by atoms with Crippen LogP contribution in [0.3, 0.4) is 0 Å². The van der Waals surface area contributed by atoms with E-state index in [-0.39, 0.29) is 88.2 Å². The Morgan fingerprint density at radius 3 is 1.03 bits per heavy atom. The number of hydrogen-bond acceptors (Lipinski definition) is 4. The smallest absolute Gasteiger partial charge is 0.159 e. The summed E-state index contributed by atoms with van der Waals surface area (Å²) in [6, 6.07) is 0. The Morgan fingerprint density at radius 1 is 0.533 bits per heavy atom. The molecule has 30 heavy (non-hydrogen) atoms. The van der Waals surface area contributed by atoms with Crippen LogP contribution in [0.2, 0.25) is 40.2 Å². The summed E-state index contributed by atoms with van der Waals surface area (Å²) in [4.78, 5) is 0. The second kappa shape index (κ2) is 9.26. The van der Waals surface area contributed by atoms with Crippen LogP contribution in [0.5, 0.6) is 11.5 Å². The summed E-state index contributed by atoms with van der Waals surface area (Å²) in [5.41, 5.74) is 0.332. The lowest BCUT2D eigenvalue weighted by atomic mass is 10.0. The van der Waals surface area contributed by atoms with Crippen LogP contribution < -0.4 is 9.47 Å². The number of ether oxygens (including phenoxy) is 4. The zero-order chi connectivity index (χ0) is 21.7. The molecule has 2 aliphatic rings. The van der Waals surface area contributed by atoms with Crippen molar-refractivity contribution in [3.05, 3.63) is 40.2 Å². The van der Waals surface area contributed by atoms with Gasteiger partial charge in [0, 0.05) is 11.1 Å². The van der Waals surface area contributed by atoms with E-state index >= 15 is 0 Å². The van der Waals surface area contributed by atoms with Crippen LogP contribution in [0, 0.1) is 0 Å². The standard InChI is InChI=1S/C18H10Cl8O4/c19-9-7(10(20)14(24)17(13(9)23)29-3-5-1-27-5)8-11(21)15(25)18(16(26)12(8)22)30-4-6-2-28-6/h5-6H,1-4H2. The summed E-state index contributed by atoms with van der Waals surface area (Å²) < 4.78 is 21.5. The fraction of sp³-hybridized carbons (Fsp3) is 0.333. The van der Waals surface area contributed by atoms with E-state index in [1.54, 1.807) is 0 Å². The van der Waals surface area contributed by atoms with Gasteiger partial charge in [-0.1, -0.05) is 92.8 Å². The summed E-state index contributed by atoms with van der Waals surface area (Å²) in [5, 5.41) is 0.226. The fourth-order valence-electron chi connectivity index (χ4n) is 2.60. The van der Waals surface area contributed by atoms with Crippen LogP contribution in [0.15, 0.2) is 0 Å². The van der Waals surface area contributed by atoms with E-state index in [1.165, 1.54) is 0 Å². The van der Waals surface area contributed by atoms with Gasteiger partial charge in [0.05, 0.1) is 33.3 Å². The Hall–Kier alpha value is 0.280. The van der Waals surface area contributed by atoms with Gasteiger partial charge in [-0.2, -0.15) is 0 Å². The molecule has 0 bridgehead atoms. The van der Waals surface area contributed by atoms with Crippen molar-refractivity contribution in [2.24, 2.45) is 0 Å². The first-order chi connectivity index (χ1) is 14.2. The van der Waals surface area contributed by atoms with E-state index in [0.29, 0.717) is 13.2 Å². The van der Waals surface area contributed by atoms with E-state index in [4.69, 9.17) is 112 Å². The molecule has 2 saturated heterocycles. The molecule has 0 spiro atoms. The maximum absolute atomic E-state index is 6.50. The van der Waals surface area contributed by atoms with Crippen LogP contribution in [-0.2, 0) is 9.47 Å². The van der Waals surface area contributed by atoms with E-state index < -0.39 is 0 Å². The molecule has 2 aromatic carbocycles. The molecule has 2 unspecified atom stereocenters. The average molecular weight is 574 g/mol. The van der Waals surface area contributed by atoms with Crippen LogP contribution in [0.1, 0.15) is 0 Å². The maximum Gasteiger partial charge on any atom is 0.159 e. The van der Waals surface area contributed by atoms with Crippen molar-refractivity contribution in [3.8, 4) is 22.6 Å². The molecule has 0 N–H and O–H groups in total. The third kappa shape index (κ3) is 4.51. The number of rotatable bonds is 7. The van der Waals surface area contributed by atoms with Gasteiger partial charge in [0.25, 0.3) is 0 Å². The van der Waals surface area contributed by atoms with Crippen molar-refractivity contribution < 1.29 is 18.9 Å². The zero-order valence-electron chi connectivity index (χ0n) is 14.6. The highest BCUT2D eigenvalue weighted by atomic mass is 35.5. The lowest BCUT2D eigenvalue weighted by molar-refractivity contribution is 0.263. The lowest BCUT2D eigenvalue weighted by Crippen LogP contribution is -2.06. The molecule has 0 amide bonds. The second-order valence-corrected chi connectivity index (χ2v) is 9.48. The van der Waals surface area contributed by atoms with Gasteiger partial charge in [-0.15, -0.1) is 0 Å². The molecule has 2 aliphatic heterocycles. The number of benzene rings is 2. The van der Waals surface area contributed by atoms with Gasteiger partial charge in [0.2, 0.25) is 0 Å². The van der Waals surface area contributed by atoms with Crippen LogP contribution in [-0.4, -0.2) is 38.6 Å². The summed E-state index contributed by atoms with van der Waals surface area (Å²) in [7, 11) is 0. The normalized spacial score (nSPS) is 19.7. The molecule has 2 atom stereocenters. The van der Waals surface area contributed by atoms with Gasteiger partial charge in [-0.05, 0) is 0 Å². The summed E-state index contributed by atoms with van der Waals surface area (Å²) in [5.74, 6) is 0.253. The zero-order valence-corrected chi connectivity index (χ0v) is 20.7. The Kier molecular flexibility index (Phi) is 7.24. The summed E-state index contributed by atoms with van der Waals surface area (Å²) in [6.07, 6.45) is -0.0473. The average Bonchev–Trinajstić information content (AvgIpc) is 3.62. The molecule has 0 radical (unpaired) electrons. The third-order valence-corrected chi connectivity index (χ3v) is 7.67. The van der Waals surface area contributed by atoms with Gasteiger partial charge in [0.15, 0.2) is 11.5 Å². The van der Waals surface area contributed by atoms with Crippen molar-refractivity contribution in [1.29, 1.82) is 0 Å². The minimum Gasteiger partial charge on any atom is -0.488 e. The highest BCUT2D eigenvalue weighted by Gasteiger charge is 2.32. The van der Waals surface area contributed by atoms with Gasteiger partial charge in [-0.25, -0.2) is 0 Å². The minimum absolute atomic E-state index is 0.0220.